The van der Waals surface area contributed by atoms with Crippen LogP contribution in [0.4, 0.5) is 5.69 Å². The van der Waals surface area contributed by atoms with Crippen LogP contribution in [0.1, 0.15) is 34.2 Å². The van der Waals surface area contributed by atoms with Crippen molar-refractivity contribution < 1.29 is 9.59 Å². The topological polar surface area (TPSA) is 78.1 Å². The molecule has 0 bridgehead atoms. The van der Waals surface area contributed by atoms with Crippen LogP contribution in [0.3, 0.4) is 0 Å². The average molecular weight is 620 g/mol. The molecule has 1 unspecified atom stereocenters. The van der Waals surface area contributed by atoms with Gasteiger partial charge in [-0.1, -0.05) is 70.5 Å². The first-order valence-electron chi connectivity index (χ1n) is 11.9. The molecule has 1 aromatic heterocycles. The maximum absolute atomic E-state index is 14.0. The van der Waals surface area contributed by atoms with E-state index in [-0.39, 0.29) is 11.7 Å². The molecule has 0 aliphatic carbocycles. The molecule has 0 fully saturated rings. The van der Waals surface area contributed by atoms with E-state index in [0.717, 1.165) is 26.0 Å². The number of rotatable bonds is 9. The number of aromatic amines is 1. The lowest BCUT2D eigenvalue weighted by Crippen LogP contribution is -2.33. The van der Waals surface area contributed by atoms with Crippen molar-refractivity contribution in [3.05, 3.63) is 128 Å². The number of aromatic nitrogens is 2. The number of carbonyl (C=O) groups is 2. The quantitative estimate of drug-likeness (QED) is 0.204. The van der Waals surface area contributed by atoms with Crippen LogP contribution in [0.5, 0.6) is 0 Å². The Morgan fingerprint density at radius 3 is 2.41 bits per heavy atom. The standard InChI is InChI=1S/C29H24Br2N4O2/c30-21-14-12-19(13-15-21)27-25(28(36)20-7-2-1-3-8-20)26(34-23-10-5-4-9-22(23)31)29(37)35(27)18-6-11-24-32-16-17-33-24/h1-5,7-10,12-17,27,34H,6,11,18H2,(H,32,33). The number of amides is 1. The highest BCUT2D eigenvalue weighted by molar-refractivity contribution is 9.10. The first-order valence-corrected chi connectivity index (χ1v) is 13.5. The van der Waals surface area contributed by atoms with Crippen molar-refractivity contribution in [2.24, 2.45) is 0 Å². The number of hydrogen-bond donors (Lipinski definition) is 2. The molecule has 5 rings (SSSR count). The van der Waals surface area contributed by atoms with Gasteiger partial charge in [0.2, 0.25) is 0 Å². The summed E-state index contributed by atoms with van der Waals surface area (Å²) in [6.45, 7) is 0.465. The number of imidazole rings is 1. The van der Waals surface area contributed by atoms with Crippen molar-refractivity contribution in [1.29, 1.82) is 0 Å². The van der Waals surface area contributed by atoms with Crippen LogP contribution >= 0.6 is 31.9 Å². The molecule has 3 aromatic carbocycles. The van der Waals surface area contributed by atoms with E-state index in [1.165, 1.54) is 0 Å². The molecule has 1 aliphatic heterocycles. The third kappa shape index (κ3) is 5.45. The van der Waals surface area contributed by atoms with Gasteiger partial charge in [-0.25, -0.2) is 4.98 Å². The number of H-pyrrole nitrogens is 1. The minimum absolute atomic E-state index is 0.176. The van der Waals surface area contributed by atoms with Gasteiger partial charge in [0.15, 0.2) is 5.78 Å². The van der Waals surface area contributed by atoms with Crippen LogP contribution in [-0.2, 0) is 11.2 Å². The summed E-state index contributed by atoms with van der Waals surface area (Å²) in [5.41, 5.74) is 2.86. The summed E-state index contributed by atoms with van der Waals surface area (Å²) in [4.78, 5) is 37.3. The number of halogens is 2. The molecule has 1 aliphatic rings. The number of carbonyl (C=O) groups excluding carboxylic acids is 2. The summed E-state index contributed by atoms with van der Waals surface area (Å²) in [5.74, 6) is 0.485. The van der Waals surface area contributed by atoms with Crippen LogP contribution in [0.15, 0.2) is 111 Å². The van der Waals surface area contributed by atoms with Gasteiger partial charge in [-0.2, -0.15) is 0 Å². The van der Waals surface area contributed by atoms with E-state index in [1.54, 1.807) is 29.4 Å². The lowest BCUT2D eigenvalue weighted by Gasteiger charge is -2.27. The van der Waals surface area contributed by atoms with Gasteiger partial charge in [0.1, 0.15) is 11.5 Å². The van der Waals surface area contributed by atoms with Gasteiger partial charge in [0, 0.05) is 39.9 Å². The summed E-state index contributed by atoms with van der Waals surface area (Å²) in [6, 6.07) is 23.9. The second-order valence-electron chi connectivity index (χ2n) is 8.68. The smallest absolute Gasteiger partial charge is 0.271 e. The van der Waals surface area contributed by atoms with E-state index in [0.29, 0.717) is 36.2 Å². The van der Waals surface area contributed by atoms with Crippen LogP contribution in [0.25, 0.3) is 0 Å². The lowest BCUT2D eigenvalue weighted by molar-refractivity contribution is -0.127. The summed E-state index contributed by atoms with van der Waals surface area (Å²) in [5, 5.41) is 3.30. The number of benzene rings is 3. The highest BCUT2D eigenvalue weighted by Crippen LogP contribution is 2.41. The maximum atomic E-state index is 14.0. The molecule has 2 N–H and O–H groups in total. The van der Waals surface area contributed by atoms with E-state index in [9.17, 15) is 9.59 Å². The number of hydrogen-bond acceptors (Lipinski definition) is 4. The Bertz CT molecular complexity index is 1430. The molecule has 2 heterocycles. The summed E-state index contributed by atoms with van der Waals surface area (Å²) >= 11 is 7.06. The number of Topliss-reactive ketones (excluding diaryl/α,β-unsaturated/α-hetero) is 1. The molecule has 0 saturated heterocycles. The number of nitrogens with one attached hydrogen (secondary N) is 2. The van der Waals surface area contributed by atoms with Gasteiger partial charge in [0.25, 0.3) is 5.91 Å². The van der Waals surface area contributed by atoms with Crippen LogP contribution in [-0.4, -0.2) is 33.1 Å². The van der Waals surface area contributed by atoms with Crippen molar-refractivity contribution in [2.45, 2.75) is 18.9 Å². The fraction of sp³-hybridized carbons (Fsp3) is 0.138. The number of nitrogens with zero attached hydrogens (tertiary/aromatic N) is 2. The molecule has 4 aromatic rings. The second kappa shape index (κ2) is 11.3. The Kier molecular flexibility index (Phi) is 7.67. The monoisotopic (exact) mass is 618 g/mol. The third-order valence-corrected chi connectivity index (χ3v) is 7.52. The number of ketones is 1. The normalized spacial score (nSPS) is 15.4. The largest absolute Gasteiger partial charge is 0.350 e. The summed E-state index contributed by atoms with van der Waals surface area (Å²) < 4.78 is 1.73. The molecule has 0 radical (unpaired) electrons. The van der Waals surface area contributed by atoms with Crippen LogP contribution in [0.2, 0.25) is 0 Å². The zero-order valence-electron chi connectivity index (χ0n) is 19.8. The minimum Gasteiger partial charge on any atom is -0.350 e. The first-order chi connectivity index (χ1) is 18.0. The molecule has 8 heteroatoms. The maximum Gasteiger partial charge on any atom is 0.271 e. The molecular weight excluding hydrogens is 596 g/mol. The van der Waals surface area contributed by atoms with E-state index in [4.69, 9.17) is 0 Å². The summed E-state index contributed by atoms with van der Waals surface area (Å²) in [6.07, 6.45) is 4.90. The Hall–Kier alpha value is -3.49. The van der Waals surface area contributed by atoms with E-state index < -0.39 is 6.04 Å². The van der Waals surface area contributed by atoms with E-state index in [2.05, 4.69) is 47.1 Å². The van der Waals surface area contributed by atoms with Gasteiger partial charge in [-0.15, -0.1) is 0 Å². The second-order valence-corrected chi connectivity index (χ2v) is 10.5. The van der Waals surface area contributed by atoms with Crippen molar-refractivity contribution in [3.8, 4) is 0 Å². The van der Waals surface area contributed by atoms with Crippen LogP contribution < -0.4 is 5.32 Å². The molecule has 186 valence electrons. The Balaban J connectivity index is 1.59. The van der Waals surface area contributed by atoms with E-state index in [1.807, 2.05) is 66.7 Å². The predicted molar refractivity (Wildman–Crippen MR) is 151 cm³/mol. The van der Waals surface area contributed by atoms with Crippen molar-refractivity contribution in [3.63, 3.8) is 0 Å². The molecule has 1 atom stereocenters. The third-order valence-electron chi connectivity index (χ3n) is 6.30. The zero-order chi connectivity index (χ0) is 25.8. The highest BCUT2D eigenvalue weighted by atomic mass is 79.9. The Labute approximate surface area is 232 Å². The molecule has 0 saturated carbocycles. The zero-order valence-corrected chi connectivity index (χ0v) is 23.0. The van der Waals surface area contributed by atoms with Gasteiger partial charge >= 0.3 is 0 Å². The number of aryl methyl sites for hydroxylation is 1. The fourth-order valence-electron chi connectivity index (χ4n) is 4.54. The number of anilines is 1. The van der Waals surface area contributed by atoms with Gasteiger partial charge in [0.05, 0.1) is 17.3 Å². The molecule has 6 nitrogen and oxygen atoms in total. The lowest BCUT2D eigenvalue weighted by atomic mass is 9.92. The first kappa shape index (κ1) is 25.2. The Morgan fingerprint density at radius 2 is 1.70 bits per heavy atom. The molecule has 1 amide bonds. The molecular formula is C29H24Br2N4O2. The van der Waals surface area contributed by atoms with Crippen molar-refractivity contribution in [1.82, 2.24) is 14.9 Å². The Morgan fingerprint density at radius 1 is 0.973 bits per heavy atom. The van der Waals surface area contributed by atoms with Crippen LogP contribution in [0, 0.1) is 0 Å². The number of para-hydroxylation sites is 1. The molecule has 0 spiro atoms. The fourth-order valence-corrected chi connectivity index (χ4v) is 5.19. The van der Waals surface area contributed by atoms with Crippen molar-refractivity contribution in [2.75, 3.05) is 11.9 Å². The van der Waals surface area contributed by atoms with Gasteiger partial charge in [-0.3, -0.25) is 9.59 Å². The molecule has 37 heavy (non-hydrogen) atoms. The average Bonchev–Trinajstić information content (AvgIpc) is 3.53. The van der Waals surface area contributed by atoms with Crippen molar-refractivity contribution >= 4 is 49.2 Å². The SMILES string of the molecule is O=C(C1=C(Nc2ccccc2Br)C(=O)N(CCCc2ncc[nH]2)C1c1ccc(Br)cc1)c1ccccc1. The van der Waals surface area contributed by atoms with Gasteiger partial charge < -0.3 is 15.2 Å². The summed E-state index contributed by atoms with van der Waals surface area (Å²) in [7, 11) is 0. The predicted octanol–water partition coefficient (Wildman–Crippen LogP) is 6.70. The van der Waals surface area contributed by atoms with E-state index >= 15 is 0 Å². The highest BCUT2D eigenvalue weighted by Gasteiger charge is 2.43. The van der Waals surface area contributed by atoms with Gasteiger partial charge in [-0.05, 0) is 52.2 Å². The minimum atomic E-state index is -0.533.